The van der Waals surface area contributed by atoms with Crippen molar-refractivity contribution in [2.45, 2.75) is 71.1 Å². The molecule has 0 heterocycles. The number of aliphatic hydroxyl groups is 1. The van der Waals surface area contributed by atoms with Gasteiger partial charge >= 0.3 is 12.0 Å². The van der Waals surface area contributed by atoms with E-state index >= 15 is 0 Å². The third kappa shape index (κ3) is 14.0. The molecule has 0 saturated carbocycles. The fourth-order valence-corrected chi connectivity index (χ4v) is 3.54. The number of carbonyl (C=O) groups is 5. The maximum absolute atomic E-state index is 13.2. The summed E-state index contributed by atoms with van der Waals surface area (Å²) in [7, 11) is 0. The highest BCUT2D eigenvalue weighted by Crippen LogP contribution is 2.12. The highest BCUT2D eigenvalue weighted by Gasteiger charge is 2.28. The number of benzene rings is 1. The van der Waals surface area contributed by atoms with Crippen LogP contribution in [0.2, 0.25) is 0 Å². The summed E-state index contributed by atoms with van der Waals surface area (Å²) in [5.41, 5.74) is 6.25. The van der Waals surface area contributed by atoms with Crippen molar-refractivity contribution in [3.05, 3.63) is 42.5 Å². The van der Waals surface area contributed by atoms with Crippen molar-refractivity contribution in [2.24, 2.45) is 11.7 Å². The Morgan fingerprint density at radius 2 is 1.69 bits per heavy atom. The van der Waals surface area contributed by atoms with E-state index < -0.39 is 41.8 Å². The first-order valence-electron chi connectivity index (χ1n) is 13.0. The molecule has 0 bridgehead atoms. The molecule has 0 fully saturated rings. The van der Waals surface area contributed by atoms with Crippen LogP contribution in [0.4, 0.5) is 10.5 Å². The summed E-state index contributed by atoms with van der Waals surface area (Å²) in [5.74, 6) is -2.08. The summed E-state index contributed by atoms with van der Waals surface area (Å²) in [4.78, 5) is 61.2. The van der Waals surface area contributed by atoms with E-state index in [9.17, 15) is 29.1 Å². The van der Waals surface area contributed by atoms with Crippen molar-refractivity contribution in [2.75, 3.05) is 18.5 Å². The second kappa shape index (κ2) is 18.3. The summed E-state index contributed by atoms with van der Waals surface area (Å²) in [6.45, 7) is 7.30. The van der Waals surface area contributed by atoms with E-state index in [4.69, 9.17) is 10.5 Å². The third-order valence-electron chi connectivity index (χ3n) is 5.67. The van der Waals surface area contributed by atoms with Crippen molar-refractivity contribution in [3.8, 4) is 0 Å². The fourth-order valence-electron chi connectivity index (χ4n) is 3.54. The number of rotatable bonds is 18. The first-order chi connectivity index (χ1) is 18.6. The van der Waals surface area contributed by atoms with E-state index in [1.54, 1.807) is 38.1 Å². The number of unbranched alkanes of at least 4 members (excludes halogenated alkanes) is 1. The predicted octanol–water partition coefficient (Wildman–Crippen LogP) is 1.48. The molecule has 7 N–H and O–H groups in total. The summed E-state index contributed by atoms with van der Waals surface area (Å²) < 4.78 is 4.88. The Morgan fingerprint density at radius 1 is 1.00 bits per heavy atom. The second-order valence-electron chi connectivity index (χ2n) is 9.31. The molecule has 1 rings (SSSR count). The van der Waals surface area contributed by atoms with Gasteiger partial charge in [0.05, 0.1) is 6.61 Å². The van der Waals surface area contributed by atoms with Gasteiger partial charge in [0.1, 0.15) is 18.7 Å². The summed E-state index contributed by atoms with van der Waals surface area (Å²) in [6, 6.07) is 4.16. The molecule has 1 aromatic carbocycles. The van der Waals surface area contributed by atoms with Gasteiger partial charge in [-0.25, -0.2) is 4.79 Å². The lowest BCUT2D eigenvalue weighted by molar-refractivity contribution is -0.142. The molecule has 216 valence electrons. The lowest BCUT2D eigenvalue weighted by atomic mass is 10.0. The van der Waals surface area contributed by atoms with Crippen LogP contribution in [0.5, 0.6) is 0 Å². The molecule has 0 aliphatic rings. The van der Waals surface area contributed by atoms with Gasteiger partial charge in [-0.2, -0.15) is 0 Å². The number of esters is 1. The zero-order valence-corrected chi connectivity index (χ0v) is 22.7. The Labute approximate surface area is 229 Å². The monoisotopic (exact) mass is 547 g/mol. The molecule has 0 aliphatic heterocycles. The smallest absolute Gasteiger partial charge is 0.312 e. The molecule has 0 saturated heterocycles. The number of anilines is 1. The van der Waals surface area contributed by atoms with Crippen LogP contribution in [-0.2, 0) is 30.5 Å². The standard InChI is InChI=1S/C27H41N5O7/c1-4-16-39-23(35)10-7-9-22(34)32-24(18(2)3)26(37)31-21(8-5-6-15-29-27(28)38)25(36)30-20-13-11-19(17-33)12-14-20/h4,11-14,18,21,24,33H,1,5-10,15-17H2,2-3H3,(H,30,36)(H,31,37)(H,32,34)(H3,28,29,38)/t21-,24-/m0/s1. The molecule has 12 heteroatoms. The Kier molecular flexibility index (Phi) is 15.6. The topological polar surface area (TPSA) is 189 Å². The first kappa shape index (κ1) is 33.1. The number of nitrogens with one attached hydrogen (secondary N) is 4. The molecule has 0 aromatic heterocycles. The van der Waals surface area contributed by atoms with Gasteiger partial charge in [-0.3, -0.25) is 19.2 Å². The van der Waals surface area contributed by atoms with Gasteiger partial charge in [0.15, 0.2) is 0 Å². The molecule has 0 spiro atoms. The van der Waals surface area contributed by atoms with E-state index in [0.717, 1.165) is 0 Å². The fraction of sp³-hybridized carbons (Fsp3) is 0.519. The van der Waals surface area contributed by atoms with E-state index in [1.807, 2.05) is 0 Å². The van der Waals surface area contributed by atoms with Crippen LogP contribution in [0.25, 0.3) is 0 Å². The van der Waals surface area contributed by atoms with Crippen LogP contribution < -0.4 is 27.0 Å². The number of nitrogens with two attached hydrogens (primary N) is 1. The van der Waals surface area contributed by atoms with Gasteiger partial charge in [0.2, 0.25) is 17.7 Å². The number of hydrogen-bond acceptors (Lipinski definition) is 7. The van der Waals surface area contributed by atoms with Gasteiger partial charge in [-0.1, -0.05) is 38.6 Å². The normalized spacial score (nSPS) is 12.1. The molecule has 2 atom stereocenters. The molecule has 1 aromatic rings. The number of primary amides is 1. The van der Waals surface area contributed by atoms with Gasteiger partial charge in [0.25, 0.3) is 0 Å². The van der Waals surface area contributed by atoms with Crippen molar-refractivity contribution in [1.29, 1.82) is 0 Å². The predicted molar refractivity (Wildman–Crippen MR) is 146 cm³/mol. The van der Waals surface area contributed by atoms with Crippen molar-refractivity contribution >= 4 is 35.4 Å². The highest BCUT2D eigenvalue weighted by atomic mass is 16.5. The maximum Gasteiger partial charge on any atom is 0.312 e. The Bertz CT molecular complexity index is 966. The first-order valence-corrected chi connectivity index (χ1v) is 13.0. The Hall–Kier alpha value is -3.93. The minimum absolute atomic E-state index is 0.0281. The van der Waals surface area contributed by atoms with Gasteiger partial charge in [0, 0.05) is 25.1 Å². The zero-order valence-electron chi connectivity index (χ0n) is 22.7. The lowest BCUT2D eigenvalue weighted by Crippen LogP contribution is -2.54. The van der Waals surface area contributed by atoms with Crippen LogP contribution >= 0.6 is 0 Å². The van der Waals surface area contributed by atoms with Crippen LogP contribution in [0.15, 0.2) is 36.9 Å². The molecule has 0 radical (unpaired) electrons. The Morgan fingerprint density at radius 3 is 2.28 bits per heavy atom. The number of amides is 5. The number of ether oxygens (including phenoxy) is 1. The minimum Gasteiger partial charge on any atom is -0.461 e. The van der Waals surface area contributed by atoms with Crippen molar-refractivity contribution < 1.29 is 33.8 Å². The average molecular weight is 548 g/mol. The Balaban J connectivity index is 2.81. The van der Waals surface area contributed by atoms with E-state index in [-0.39, 0.29) is 44.8 Å². The molecular weight excluding hydrogens is 506 g/mol. The molecule has 12 nitrogen and oxygen atoms in total. The number of hydrogen-bond donors (Lipinski definition) is 6. The molecule has 0 unspecified atom stereocenters. The lowest BCUT2D eigenvalue weighted by Gasteiger charge is -2.25. The van der Waals surface area contributed by atoms with Crippen molar-refractivity contribution in [1.82, 2.24) is 16.0 Å². The number of carbonyl (C=O) groups excluding carboxylic acids is 5. The van der Waals surface area contributed by atoms with Gasteiger partial charge in [-0.15, -0.1) is 0 Å². The minimum atomic E-state index is -0.915. The third-order valence-corrected chi connectivity index (χ3v) is 5.67. The SMILES string of the molecule is C=CCOC(=O)CCCC(=O)N[C@H](C(=O)N[C@@H](CCCCNC(N)=O)C(=O)Nc1ccc(CO)cc1)C(C)C. The molecule has 0 aliphatic carbocycles. The quantitative estimate of drug-likeness (QED) is 0.0911. The van der Waals surface area contributed by atoms with Crippen LogP contribution in [-0.4, -0.2) is 60.1 Å². The molecule has 5 amide bonds. The van der Waals surface area contributed by atoms with Crippen LogP contribution in [0, 0.1) is 5.92 Å². The van der Waals surface area contributed by atoms with Gasteiger partial charge < -0.3 is 36.8 Å². The van der Waals surface area contributed by atoms with E-state index in [2.05, 4.69) is 27.8 Å². The highest BCUT2D eigenvalue weighted by molar-refractivity contribution is 5.98. The number of urea groups is 1. The maximum atomic E-state index is 13.2. The number of aliphatic hydroxyl groups excluding tert-OH is 1. The van der Waals surface area contributed by atoms with Crippen LogP contribution in [0.3, 0.4) is 0 Å². The average Bonchev–Trinajstić information content (AvgIpc) is 2.89. The summed E-state index contributed by atoms with van der Waals surface area (Å²) in [6.07, 6.45) is 3.11. The zero-order chi connectivity index (χ0) is 29.2. The van der Waals surface area contributed by atoms with Gasteiger partial charge in [-0.05, 0) is 49.3 Å². The van der Waals surface area contributed by atoms with Crippen LogP contribution in [0.1, 0.15) is 57.9 Å². The van der Waals surface area contributed by atoms with Crippen molar-refractivity contribution in [3.63, 3.8) is 0 Å². The summed E-state index contributed by atoms with van der Waals surface area (Å²) in [5, 5.41) is 19.9. The second-order valence-corrected chi connectivity index (χ2v) is 9.31. The van der Waals surface area contributed by atoms with E-state index in [0.29, 0.717) is 30.6 Å². The van der Waals surface area contributed by atoms with E-state index in [1.165, 1.54) is 6.08 Å². The summed E-state index contributed by atoms with van der Waals surface area (Å²) >= 11 is 0. The largest absolute Gasteiger partial charge is 0.461 e. The molecular formula is C27H41N5O7. The molecule has 39 heavy (non-hydrogen) atoms.